The van der Waals surface area contributed by atoms with E-state index in [1.54, 1.807) is 0 Å². The maximum atomic E-state index is 3.76. The van der Waals surface area contributed by atoms with E-state index < -0.39 is 0 Å². The summed E-state index contributed by atoms with van der Waals surface area (Å²) in [6.07, 6.45) is 6.99. The molecule has 0 aromatic heterocycles. The van der Waals surface area contributed by atoms with Gasteiger partial charge in [-0.05, 0) is 44.1 Å². The summed E-state index contributed by atoms with van der Waals surface area (Å²) >= 11 is 0. The molecule has 4 atom stereocenters. The molecular weight excluding hydrogens is 208 g/mol. The molecule has 1 saturated heterocycles. The summed E-state index contributed by atoms with van der Waals surface area (Å²) < 4.78 is 0. The fourth-order valence-electron chi connectivity index (χ4n) is 3.56. The summed E-state index contributed by atoms with van der Waals surface area (Å²) in [5.41, 5.74) is 0. The Kier molecular flexibility index (Phi) is 4.87. The minimum Gasteiger partial charge on any atom is -0.312 e. The van der Waals surface area contributed by atoms with Crippen LogP contribution in [0, 0.1) is 11.8 Å². The number of rotatable bonds is 7. The highest BCUT2D eigenvalue weighted by molar-refractivity contribution is 4.94. The first-order chi connectivity index (χ1) is 8.24. The van der Waals surface area contributed by atoms with Crippen LogP contribution in [0.1, 0.15) is 52.9 Å². The largest absolute Gasteiger partial charge is 0.312 e. The third kappa shape index (κ3) is 3.23. The number of hydrogen-bond donors (Lipinski definition) is 1. The van der Waals surface area contributed by atoms with E-state index in [4.69, 9.17) is 0 Å². The Hall–Kier alpha value is -0.0800. The second-order valence-electron chi connectivity index (χ2n) is 6.23. The van der Waals surface area contributed by atoms with Gasteiger partial charge < -0.3 is 5.32 Å². The Labute approximate surface area is 107 Å². The zero-order valence-electron chi connectivity index (χ0n) is 11.9. The van der Waals surface area contributed by atoms with Gasteiger partial charge in [-0.3, -0.25) is 4.90 Å². The summed E-state index contributed by atoms with van der Waals surface area (Å²) in [4.78, 5) is 2.77. The van der Waals surface area contributed by atoms with Crippen molar-refractivity contribution in [1.82, 2.24) is 10.2 Å². The van der Waals surface area contributed by atoms with Gasteiger partial charge in [0.1, 0.15) is 0 Å². The number of piperidine rings is 1. The van der Waals surface area contributed by atoms with E-state index in [0.717, 1.165) is 17.9 Å². The van der Waals surface area contributed by atoms with Gasteiger partial charge in [0, 0.05) is 25.2 Å². The molecule has 1 saturated carbocycles. The molecule has 1 N–H and O–H groups in total. The van der Waals surface area contributed by atoms with Crippen LogP contribution in [0.25, 0.3) is 0 Å². The van der Waals surface area contributed by atoms with Crippen LogP contribution < -0.4 is 5.32 Å². The van der Waals surface area contributed by atoms with E-state index in [2.05, 4.69) is 31.0 Å². The standard InChI is InChI=1S/C15H30N2/c1-4-8-16-15(12(3)5-2)11-17-10-13-6-7-14(17)9-13/h12-16H,4-11H2,1-3H3. The summed E-state index contributed by atoms with van der Waals surface area (Å²) in [7, 11) is 0. The van der Waals surface area contributed by atoms with Crippen molar-refractivity contribution in [2.75, 3.05) is 19.6 Å². The number of likely N-dealkylation sites (tertiary alicyclic amines) is 1. The van der Waals surface area contributed by atoms with Crippen LogP contribution in [0.15, 0.2) is 0 Å². The van der Waals surface area contributed by atoms with Gasteiger partial charge in [0.15, 0.2) is 0 Å². The van der Waals surface area contributed by atoms with Crippen LogP contribution in [0.2, 0.25) is 0 Å². The van der Waals surface area contributed by atoms with Gasteiger partial charge >= 0.3 is 0 Å². The first-order valence-electron chi connectivity index (χ1n) is 7.72. The van der Waals surface area contributed by atoms with Crippen molar-refractivity contribution >= 4 is 0 Å². The molecule has 2 nitrogen and oxygen atoms in total. The molecule has 2 aliphatic rings. The van der Waals surface area contributed by atoms with Crippen molar-refractivity contribution in [1.29, 1.82) is 0 Å². The third-order valence-electron chi connectivity index (χ3n) is 4.94. The van der Waals surface area contributed by atoms with Crippen molar-refractivity contribution in [3.63, 3.8) is 0 Å². The van der Waals surface area contributed by atoms with Gasteiger partial charge in [0.05, 0.1) is 0 Å². The molecule has 2 fully saturated rings. The molecule has 0 aromatic rings. The summed E-state index contributed by atoms with van der Waals surface area (Å²) in [5, 5.41) is 3.76. The van der Waals surface area contributed by atoms with Crippen LogP contribution >= 0.6 is 0 Å². The molecule has 100 valence electrons. The topological polar surface area (TPSA) is 15.3 Å². The van der Waals surface area contributed by atoms with E-state index in [1.807, 2.05) is 0 Å². The second-order valence-corrected chi connectivity index (χ2v) is 6.23. The molecule has 0 radical (unpaired) electrons. The number of fused-ring (bicyclic) bond motifs is 2. The molecule has 4 unspecified atom stereocenters. The minimum atomic E-state index is 0.708. The summed E-state index contributed by atoms with van der Waals surface area (Å²) in [5.74, 6) is 1.84. The molecular formula is C15H30N2. The quantitative estimate of drug-likeness (QED) is 0.733. The molecule has 1 aliphatic carbocycles. The molecule has 17 heavy (non-hydrogen) atoms. The smallest absolute Gasteiger partial charge is 0.0220 e. The number of hydrogen-bond acceptors (Lipinski definition) is 2. The highest BCUT2D eigenvalue weighted by Crippen LogP contribution is 2.37. The maximum absolute atomic E-state index is 3.76. The first kappa shape index (κ1) is 13.4. The molecule has 2 bridgehead atoms. The molecule has 0 amide bonds. The van der Waals surface area contributed by atoms with Crippen molar-refractivity contribution in [2.45, 2.75) is 65.0 Å². The highest BCUT2D eigenvalue weighted by Gasteiger charge is 2.38. The van der Waals surface area contributed by atoms with E-state index in [0.29, 0.717) is 6.04 Å². The van der Waals surface area contributed by atoms with Crippen molar-refractivity contribution in [3.05, 3.63) is 0 Å². The van der Waals surface area contributed by atoms with Crippen LogP contribution in [-0.4, -0.2) is 36.6 Å². The lowest BCUT2D eigenvalue weighted by Crippen LogP contribution is -2.47. The van der Waals surface area contributed by atoms with Gasteiger partial charge in [-0.2, -0.15) is 0 Å². The zero-order chi connectivity index (χ0) is 12.3. The van der Waals surface area contributed by atoms with E-state index in [-0.39, 0.29) is 0 Å². The fraction of sp³-hybridized carbons (Fsp3) is 1.00. The third-order valence-corrected chi connectivity index (χ3v) is 4.94. The van der Waals surface area contributed by atoms with Crippen LogP contribution in [0.3, 0.4) is 0 Å². The van der Waals surface area contributed by atoms with Crippen LogP contribution in [0.4, 0.5) is 0 Å². The van der Waals surface area contributed by atoms with Gasteiger partial charge in [-0.15, -0.1) is 0 Å². The Morgan fingerprint density at radius 3 is 2.65 bits per heavy atom. The van der Waals surface area contributed by atoms with Gasteiger partial charge in [0.2, 0.25) is 0 Å². The lowest BCUT2D eigenvalue weighted by Gasteiger charge is -2.33. The molecule has 1 aliphatic heterocycles. The molecule has 0 spiro atoms. The molecule has 2 heteroatoms. The van der Waals surface area contributed by atoms with Crippen LogP contribution in [-0.2, 0) is 0 Å². The fourth-order valence-corrected chi connectivity index (χ4v) is 3.56. The minimum absolute atomic E-state index is 0.708. The predicted molar refractivity (Wildman–Crippen MR) is 74.2 cm³/mol. The first-order valence-corrected chi connectivity index (χ1v) is 7.72. The van der Waals surface area contributed by atoms with Crippen molar-refractivity contribution in [2.24, 2.45) is 11.8 Å². The SMILES string of the molecule is CCCNC(CN1CC2CCC1C2)C(C)CC. The highest BCUT2D eigenvalue weighted by atomic mass is 15.2. The summed E-state index contributed by atoms with van der Waals surface area (Å²) in [6.45, 7) is 10.8. The maximum Gasteiger partial charge on any atom is 0.0220 e. The number of nitrogens with zero attached hydrogens (tertiary/aromatic N) is 1. The summed E-state index contributed by atoms with van der Waals surface area (Å²) in [6, 6.07) is 1.63. The Bertz CT molecular complexity index is 229. The number of nitrogens with one attached hydrogen (secondary N) is 1. The van der Waals surface area contributed by atoms with Crippen molar-refractivity contribution in [3.8, 4) is 0 Å². The van der Waals surface area contributed by atoms with E-state index in [9.17, 15) is 0 Å². The van der Waals surface area contributed by atoms with Gasteiger partial charge in [-0.1, -0.05) is 27.2 Å². The monoisotopic (exact) mass is 238 g/mol. The van der Waals surface area contributed by atoms with Gasteiger partial charge in [-0.25, -0.2) is 0 Å². The van der Waals surface area contributed by atoms with Crippen LogP contribution in [0.5, 0.6) is 0 Å². The molecule has 0 aromatic carbocycles. The zero-order valence-corrected chi connectivity index (χ0v) is 11.9. The van der Waals surface area contributed by atoms with Gasteiger partial charge in [0.25, 0.3) is 0 Å². The molecule has 1 heterocycles. The Morgan fingerprint density at radius 1 is 1.29 bits per heavy atom. The van der Waals surface area contributed by atoms with Crippen molar-refractivity contribution < 1.29 is 0 Å². The van der Waals surface area contributed by atoms with E-state index >= 15 is 0 Å². The Balaban J connectivity index is 1.83. The lowest BCUT2D eigenvalue weighted by atomic mass is 9.97. The average Bonchev–Trinajstić information content (AvgIpc) is 2.95. The van der Waals surface area contributed by atoms with E-state index in [1.165, 1.54) is 51.7 Å². The Morgan fingerprint density at radius 2 is 2.12 bits per heavy atom. The normalized spacial score (nSPS) is 31.9. The lowest BCUT2D eigenvalue weighted by molar-refractivity contribution is 0.170. The second kappa shape index (κ2) is 6.19. The average molecular weight is 238 g/mol. The molecule has 2 rings (SSSR count). The predicted octanol–water partition coefficient (Wildman–Crippen LogP) is 2.89.